The van der Waals surface area contributed by atoms with Crippen molar-refractivity contribution in [3.63, 3.8) is 0 Å². The van der Waals surface area contributed by atoms with Crippen molar-refractivity contribution in [3.8, 4) is 5.75 Å². The summed E-state index contributed by atoms with van der Waals surface area (Å²) in [5.41, 5.74) is 1.69. The minimum absolute atomic E-state index is 0.0313. The minimum atomic E-state index is -3.63. The second-order valence-corrected chi connectivity index (χ2v) is 9.24. The van der Waals surface area contributed by atoms with Crippen molar-refractivity contribution in [3.05, 3.63) is 53.6 Å². The Morgan fingerprint density at radius 3 is 2.55 bits per heavy atom. The molecule has 1 N–H and O–H groups in total. The maximum atomic E-state index is 13.1. The molecule has 29 heavy (non-hydrogen) atoms. The van der Waals surface area contributed by atoms with Crippen LogP contribution in [0.25, 0.3) is 0 Å². The number of piperidine rings is 1. The number of nitrogens with one attached hydrogen (secondary N) is 1. The molecule has 0 bridgehead atoms. The highest BCUT2D eigenvalue weighted by molar-refractivity contribution is 7.89. The number of ether oxygens (including phenoxy) is 1. The predicted octanol–water partition coefficient (Wildman–Crippen LogP) is 4.21. The van der Waals surface area contributed by atoms with Gasteiger partial charge in [0.1, 0.15) is 5.75 Å². The highest BCUT2D eigenvalue weighted by Crippen LogP contribution is 2.27. The third-order valence-corrected chi connectivity index (χ3v) is 7.24. The number of nitrogens with zero attached hydrogens (tertiary/aromatic N) is 1. The Morgan fingerprint density at radius 1 is 1.17 bits per heavy atom. The third kappa shape index (κ3) is 4.79. The maximum absolute atomic E-state index is 13.1. The first kappa shape index (κ1) is 21.3. The fourth-order valence-corrected chi connectivity index (χ4v) is 5.30. The molecule has 0 spiro atoms. The lowest BCUT2D eigenvalue weighted by molar-refractivity contribution is 0.102. The van der Waals surface area contributed by atoms with Crippen LogP contribution in [0.3, 0.4) is 0 Å². The van der Waals surface area contributed by atoms with Gasteiger partial charge < -0.3 is 10.1 Å². The van der Waals surface area contributed by atoms with Gasteiger partial charge in [-0.3, -0.25) is 4.79 Å². The van der Waals surface area contributed by atoms with Crippen LogP contribution < -0.4 is 10.1 Å². The van der Waals surface area contributed by atoms with Gasteiger partial charge in [-0.25, -0.2) is 8.42 Å². The molecular formula is C22H28N2O4S. The Labute approximate surface area is 172 Å². The summed E-state index contributed by atoms with van der Waals surface area (Å²) in [5.74, 6) is 0.390. The van der Waals surface area contributed by atoms with Crippen LogP contribution in [0.2, 0.25) is 0 Å². The molecule has 1 atom stereocenters. The lowest BCUT2D eigenvalue weighted by atomic mass is 10.1. The van der Waals surface area contributed by atoms with Gasteiger partial charge in [0.15, 0.2) is 0 Å². The number of aryl methyl sites for hydroxylation is 1. The number of sulfonamides is 1. The zero-order chi connectivity index (χ0) is 21.0. The molecule has 1 amide bonds. The summed E-state index contributed by atoms with van der Waals surface area (Å²) in [5, 5.41) is 2.83. The van der Waals surface area contributed by atoms with Gasteiger partial charge in [0.2, 0.25) is 10.0 Å². The lowest BCUT2D eigenvalue weighted by Crippen LogP contribution is -2.42. The smallest absolute Gasteiger partial charge is 0.255 e. The van der Waals surface area contributed by atoms with Gasteiger partial charge in [-0.05, 0) is 75.6 Å². The normalized spacial score (nSPS) is 17.7. The molecule has 2 aromatic carbocycles. The van der Waals surface area contributed by atoms with E-state index in [1.54, 1.807) is 47.6 Å². The number of anilines is 1. The molecule has 0 aliphatic carbocycles. The first-order chi connectivity index (χ1) is 13.8. The van der Waals surface area contributed by atoms with Gasteiger partial charge in [-0.15, -0.1) is 0 Å². The van der Waals surface area contributed by atoms with Crippen LogP contribution >= 0.6 is 0 Å². The average Bonchev–Trinajstić information content (AvgIpc) is 2.70. The molecule has 3 rings (SSSR count). The summed E-state index contributed by atoms with van der Waals surface area (Å²) < 4.78 is 33.2. The Bertz CT molecular complexity index is 971. The van der Waals surface area contributed by atoms with E-state index in [9.17, 15) is 13.2 Å². The summed E-state index contributed by atoms with van der Waals surface area (Å²) >= 11 is 0. The van der Waals surface area contributed by atoms with Crippen LogP contribution in [0.1, 0.15) is 49.0 Å². The molecule has 1 aliphatic heterocycles. The molecule has 0 saturated carbocycles. The average molecular weight is 417 g/mol. The standard InChI is InChI=1S/C22H28N2O4S/c1-4-28-19-11-9-18(10-12-19)23-22(25)21-15-20(13-8-16(21)2)29(26,27)24-14-6-5-7-17(24)3/h8-13,15,17H,4-7,14H2,1-3H3,(H,23,25). The Hall–Kier alpha value is -2.38. The molecule has 1 saturated heterocycles. The fourth-order valence-electron chi connectivity index (χ4n) is 3.57. The van der Waals surface area contributed by atoms with Crippen molar-refractivity contribution in [2.75, 3.05) is 18.5 Å². The first-order valence-electron chi connectivity index (χ1n) is 9.99. The number of hydrogen-bond acceptors (Lipinski definition) is 4. The highest BCUT2D eigenvalue weighted by Gasteiger charge is 2.31. The molecule has 1 fully saturated rings. The SMILES string of the molecule is CCOc1ccc(NC(=O)c2cc(S(=O)(=O)N3CCCCC3C)ccc2C)cc1. The topological polar surface area (TPSA) is 75.7 Å². The highest BCUT2D eigenvalue weighted by atomic mass is 32.2. The van der Waals surface area contributed by atoms with E-state index in [-0.39, 0.29) is 16.8 Å². The van der Waals surface area contributed by atoms with Crippen molar-refractivity contribution < 1.29 is 17.9 Å². The maximum Gasteiger partial charge on any atom is 0.255 e. The van der Waals surface area contributed by atoms with Crippen LogP contribution in [-0.4, -0.2) is 37.8 Å². The zero-order valence-electron chi connectivity index (χ0n) is 17.1. The van der Waals surface area contributed by atoms with Gasteiger partial charge in [-0.1, -0.05) is 12.5 Å². The Morgan fingerprint density at radius 2 is 1.90 bits per heavy atom. The zero-order valence-corrected chi connectivity index (χ0v) is 18.0. The molecule has 1 heterocycles. The number of benzene rings is 2. The second-order valence-electron chi connectivity index (χ2n) is 7.35. The summed E-state index contributed by atoms with van der Waals surface area (Å²) in [6.07, 6.45) is 2.76. The van der Waals surface area contributed by atoms with Crippen LogP contribution in [-0.2, 0) is 10.0 Å². The van der Waals surface area contributed by atoms with E-state index in [4.69, 9.17) is 4.74 Å². The number of carbonyl (C=O) groups excluding carboxylic acids is 1. The molecule has 0 radical (unpaired) electrons. The van der Waals surface area contributed by atoms with Crippen LogP contribution in [0, 0.1) is 6.92 Å². The third-order valence-electron chi connectivity index (χ3n) is 5.23. The van der Waals surface area contributed by atoms with Crippen molar-refractivity contribution in [2.24, 2.45) is 0 Å². The molecule has 6 nitrogen and oxygen atoms in total. The van der Waals surface area contributed by atoms with E-state index < -0.39 is 10.0 Å². The molecule has 1 unspecified atom stereocenters. The summed E-state index contributed by atoms with van der Waals surface area (Å²) in [7, 11) is -3.63. The van der Waals surface area contributed by atoms with Gasteiger partial charge >= 0.3 is 0 Å². The summed E-state index contributed by atoms with van der Waals surface area (Å²) in [6, 6.07) is 11.8. The van der Waals surface area contributed by atoms with Crippen molar-refractivity contribution in [1.29, 1.82) is 0 Å². The Balaban J connectivity index is 1.83. The lowest BCUT2D eigenvalue weighted by Gasteiger charge is -2.32. The molecule has 7 heteroatoms. The van der Waals surface area contributed by atoms with Crippen molar-refractivity contribution in [2.45, 2.75) is 51.0 Å². The van der Waals surface area contributed by atoms with Crippen molar-refractivity contribution in [1.82, 2.24) is 4.31 Å². The summed E-state index contributed by atoms with van der Waals surface area (Å²) in [6.45, 7) is 6.73. The number of amides is 1. The van der Waals surface area contributed by atoms with Gasteiger partial charge in [0.25, 0.3) is 5.91 Å². The van der Waals surface area contributed by atoms with Crippen LogP contribution in [0.5, 0.6) is 5.75 Å². The van der Waals surface area contributed by atoms with Gasteiger partial charge in [0, 0.05) is 23.8 Å². The van der Waals surface area contributed by atoms with E-state index in [0.29, 0.717) is 24.4 Å². The monoisotopic (exact) mass is 416 g/mol. The quantitative estimate of drug-likeness (QED) is 0.765. The molecule has 2 aromatic rings. The van der Waals surface area contributed by atoms with E-state index in [0.717, 1.165) is 30.6 Å². The molecule has 156 valence electrons. The Kier molecular flexibility index (Phi) is 6.59. The van der Waals surface area contributed by atoms with E-state index in [2.05, 4.69) is 5.32 Å². The van der Waals surface area contributed by atoms with Gasteiger partial charge in [0.05, 0.1) is 11.5 Å². The van der Waals surface area contributed by atoms with Gasteiger partial charge in [-0.2, -0.15) is 4.31 Å². The van der Waals surface area contributed by atoms with Crippen LogP contribution in [0.15, 0.2) is 47.4 Å². The van der Waals surface area contributed by atoms with E-state index in [1.807, 2.05) is 13.8 Å². The minimum Gasteiger partial charge on any atom is -0.494 e. The summed E-state index contributed by atoms with van der Waals surface area (Å²) in [4.78, 5) is 13.0. The van der Waals surface area contributed by atoms with E-state index in [1.165, 1.54) is 6.07 Å². The molecule has 0 aromatic heterocycles. The van der Waals surface area contributed by atoms with Crippen molar-refractivity contribution >= 4 is 21.6 Å². The molecule has 1 aliphatic rings. The predicted molar refractivity (Wildman–Crippen MR) is 114 cm³/mol. The second kappa shape index (κ2) is 8.97. The van der Waals surface area contributed by atoms with E-state index >= 15 is 0 Å². The fraction of sp³-hybridized carbons (Fsp3) is 0.409. The number of hydrogen-bond donors (Lipinski definition) is 1. The molecular weight excluding hydrogens is 388 g/mol. The number of rotatable bonds is 6. The largest absolute Gasteiger partial charge is 0.494 e. The first-order valence-corrected chi connectivity index (χ1v) is 11.4. The van der Waals surface area contributed by atoms with Crippen LogP contribution in [0.4, 0.5) is 5.69 Å². The number of carbonyl (C=O) groups is 1.